The number of aryl methyl sites for hydroxylation is 2. The van der Waals surface area contributed by atoms with Gasteiger partial charge in [-0.25, -0.2) is 4.79 Å². The highest BCUT2D eigenvalue weighted by molar-refractivity contribution is 7.80. The number of hydrogen-bond donors (Lipinski definition) is 2. The van der Waals surface area contributed by atoms with Crippen molar-refractivity contribution in [3.8, 4) is 0 Å². The van der Waals surface area contributed by atoms with Gasteiger partial charge >= 0.3 is 5.97 Å². The summed E-state index contributed by atoms with van der Waals surface area (Å²) in [5, 5.41) is 13.9. The van der Waals surface area contributed by atoms with Crippen LogP contribution >= 0.6 is 23.8 Å². The van der Waals surface area contributed by atoms with Crippen molar-refractivity contribution < 1.29 is 9.90 Å². The second-order valence-electron chi connectivity index (χ2n) is 7.38. The first-order chi connectivity index (χ1) is 14.9. The zero-order valence-electron chi connectivity index (χ0n) is 17.6. The molecule has 0 radical (unpaired) electrons. The number of aromatic carboxylic acids is 1. The third kappa shape index (κ3) is 6.06. The number of carboxylic acid groups (broad SMARTS) is 1. The van der Waals surface area contributed by atoms with Gasteiger partial charge in [-0.2, -0.15) is 0 Å². The largest absolute Gasteiger partial charge is 0.478 e. The van der Waals surface area contributed by atoms with Crippen LogP contribution in [-0.2, 0) is 19.5 Å². The Balaban J connectivity index is 1.86. The van der Waals surface area contributed by atoms with Crippen LogP contribution in [0.15, 0.2) is 66.7 Å². The minimum absolute atomic E-state index is 0.265. The number of nitrogens with one attached hydrogen (secondary N) is 1. The Hall–Kier alpha value is -2.89. The van der Waals surface area contributed by atoms with Gasteiger partial charge in [-0.15, -0.1) is 0 Å². The van der Waals surface area contributed by atoms with E-state index in [1.165, 1.54) is 5.56 Å². The molecule has 0 amide bonds. The van der Waals surface area contributed by atoms with Crippen molar-refractivity contribution in [3.05, 3.63) is 99.6 Å². The molecule has 3 aromatic rings. The van der Waals surface area contributed by atoms with E-state index in [0.717, 1.165) is 28.8 Å². The number of para-hydroxylation sites is 1. The van der Waals surface area contributed by atoms with Crippen molar-refractivity contribution in [2.75, 3.05) is 5.32 Å². The lowest BCUT2D eigenvalue weighted by atomic mass is 10.1. The summed E-state index contributed by atoms with van der Waals surface area (Å²) in [5.74, 6) is -0.937. The molecule has 4 nitrogen and oxygen atoms in total. The molecule has 31 heavy (non-hydrogen) atoms. The molecule has 3 rings (SSSR count). The Morgan fingerprint density at radius 2 is 1.58 bits per heavy atom. The van der Waals surface area contributed by atoms with Gasteiger partial charge in [0.2, 0.25) is 0 Å². The number of nitrogens with zero attached hydrogens (tertiary/aromatic N) is 1. The van der Waals surface area contributed by atoms with Crippen LogP contribution in [0.2, 0.25) is 5.02 Å². The summed E-state index contributed by atoms with van der Waals surface area (Å²) in [7, 11) is 0. The Labute approximate surface area is 193 Å². The van der Waals surface area contributed by atoms with E-state index in [4.69, 9.17) is 28.9 Å². The molecule has 0 unspecified atom stereocenters. The molecule has 3 aromatic carbocycles. The van der Waals surface area contributed by atoms with Crippen LogP contribution in [0.1, 0.15) is 39.5 Å². The fourth-order valence-electron chi connectivity index (χ4n) is 3.37. The minimum atomic E-state index is -0.937. The van der Waals surface area contributed by atoms with Gasteiger partial charge in [0.1, 0.15) is 0 Å². The van der Waals surface area contributed by atoms with Crippen molar-refractivity contribution >= 4 is 40.6 Å². The average molecular weight is 453 g/mol. The average Bonchev–Trinajstić information content (AvgIpc) is 2.76. The molecule has 2 N–H and O–H groups in total. The number of carboxylic acids is 1. The molecular formula is C25H25ClN2O2S. The summed E-state index contributed by atoms with van der Waals surface area (Å²) in [5.41, 5.74) is 5.71. The molecule has 160 valence electrons. The molecule has 0 saturated carbocycles. The summed E-state index contributed by atoms with van der Waals surface area (Å²) >= 11 is 11.9. The van der Waals surface area contributed by atoms with Crippen LogP contribution in [0.5, 0.6) is 0 Å². The molecule has 0 heterocycles. The maximum atomic E-state index is 11.2. The second-order valence-corrected chi connectivity index (χ2v) is 8.20. The Morgan fingerprint density at radius 3 is 2.13 bits per heavy atom. The number of carbonyl (C=O) groups is 1. The van der Waals surface area contributed by atoms with Gasteiger partial charge in [0.05, 0.1) is 5.56 Å². The number of rotatable bonds is 7. The monoisotopic (exact) mass is 452 g/mol. The quantitative estimate of drug-likeness (QED) is 0.411. The standard InChI is InChI=1S/C25H25ClN2O2S/c1-3-20-6-4-5-17(2)23(20)27-25(31)28(16-19-9-13-22(26)14-10-19)15-18-7-11-21(12-8-18)24(29)30/h4-14H,3,15-16H2,1-2H3,(H,27,31)(H,29,30). The topological polar surface area (TPSA) is 52.6 Å². The van der Waals surface area contributed by atoms with E-state index in [2.05, 4.69) is 42.3 Å². The predicted octanol–water partition coefficient (Wildman–Crippen LogP) is 6.31. The third-order valence-electron chi connectivity index (χ3n) is 5.12. The summed E-state index contributed by atoms with van der Waals surface area (Å²) < 4.78 is 0. The number of anilines is 1. The number of thiocarbonyl (C=S) groups is 1. The second kappa shape index (κ2) is 10.4. The summed E-state index contributed by atoms with van der Waals surface area (Å²) in [6.45, 7) is 5.33. The molecule has 0 aliphatic heterocycles. The third-order valence-corrected chi connectivity index (χ3v) is 5.73. The maximum Gasteiger partial charge on any atom is 0.335 e. The summed E-state index contributed by atoms with van der Waals surface area (Å²) in [4.78, 5) is 13.2. The van der Waals surface area contributed by atoms with E-state index in [0.29, 0.717) is 23.2 Å². The Morgan fingerprint density at radius 1 is 1.00 bits per heavy atom. The van der Waals surface area contributed by atoms with Crippen molar-refractivity contribution in [3.63, 3.8) is 0 Å². The molecule has 0 bridgehead atoms. The highest BCUT2D eigenvalue weighted by Gasteiger charge is 2.15. The van der Waals surface area contributed by atoms with E-state index in [-0.39, 0.29) is 5.56 Å². The van der Waals surface area contributed by atoms with Gasteiger partial charge < -0.3 is 15.3 Å². The number of benzene rings is 3. The van der Waals surface area contributed by atoms with Gasteiger partial charge in [-0.05, 0) is 72.1 Å². The molecule has 0 aromatic heterocycles. The van der Waals surface area contributed by atoms with Gasteiger partial charge in [0.25, 0.3) is 0 Å². The van der Waals surface area contributed by atoms with Crippen LogP contribution in [0.25, 0.3) is 0 Å². The molecule has 0 aliphatic carbocycles. The van der Waals surface area contributed by atoms with Crippen LogP contribution in [0, 0.1) is 6.92 Å². The van der Waals surface area contributed by atoms with Gasteiger partial charge in [-0.3, -0.25) is 0 Å². The van der Waals surface area contributed by atoms with E-state index in [1.807, 2.05) is 36.4 Å². The van der Waals surface area contributed by atoms with Crippen molar-refractivity contribution in [2.45, 2.75) is 33.4 Å². The Bertz CT molecular complexity index is 1070. The van der Waals surface area contributed by atoms with Crippen LogP contribution < -0.4 is 5.32 Å². The first kappa shape index (κ1) is 22.8. The highest BCUT2D eigenvalue weighted by atomic mass is 35.5. The SMILES string of the molecule is CCc1cccc(C)c1NC(=S)N(Cc1ccc(Cl)cc1)Cc1ccc(C(=O)O)cc1. The lowest BCUT2D eigenvalue weighted by Gasteiger charge is -2.27. The normalized spacial score (nSPS) is 10.5. The van der Waals surface area contributed by atoms with Crippen molar-refractivity contribution in [2.24, 2.45) is 0 Å². The first-order valence-electron chi connectivity index (χ1n) is 10.1. The van der Waals surface area contributed by atoms with Crippen molar-refractivity contribution in [1.82, 2.24) is 4.90 Å². The molecule has 0 saturated heterocycles. The van der Waals surface area contributed by atoms with Crippen molar-refractivity contribution in [1.29, 1.82) is 0 Å². The number of hydrogen-bond acceptors (Lipinski definition) is 2. The van der Waals surface area contributed by atoms with E-state index < -0.39 is 5.97 Å². The fourth-order valence-corrected chi connectivity index (χ4v) is 3.73. The smallest absolute Gasteiger partial charge is 0.335 e. The number of halogens is 1. The molecule has 0 fully saturated rings. The summed E-state index contributed by atoms with van der Waals surface area (Å²) in [6, 6.07) is 20.8. The molecule has 0 atom stereocenters. The summed E-state index contributed by atoms with van der Waals surface area (Å²) in [6.07, 6.45) is 0.903. The van der Waals surface area contributed by atoms with Crippen LogP contribution in [0.4, 0.5) is 5.69 Å². The van der Waals surface area contributed by atoms with Gasteiger partial charge in [-0.1, -0.05) is 61.0 Å². The zero-order chi connectivity index (χ0) is 22.4. The van der Waals surface area contributed by atoms with Gasteiger partial charge in [0, 0.05) is 23.8 Å². The van der Waals surface area contributed by atoms with Gasteiger partial charge in [0.15, 0.2) is 5.11 Å². The van der Waals surface area contributed by atoms with E-state index >= 15 is 0 Å². The highest BCUT2D eigenvalue weighted by Crippen LogP contribution is 2.23. The molecular weight excluding hydrogens is 428 g/mol. The Kier molecular flexibility index (Phi) is 7.66. The van der Waals surface area contributed by atoms with E-state index in [1.54, 1.807) is 12.1 Å². The zero-order valence-corrected chi connectivity index (χ0v) is 19.1. The lowest BCUT2D eigenvalue weighted by Crippen LogP contribution is -2.34. The minimum Gasteiger partial charge on any atom is -0.478 e. The molecule has 6 heteroatoms. The predicted molar refractivity (Wildman–Crippen MR) is 131 cm³/mol. The van der Waals surface area contributed by atoms with Crippen LogP contribution in [0.3, 0.4) is 0 Å². The molecule has 0 aliphatic rings. The van der Waals surface area contributed by atoms with E-state index in [9.17, 15) is 4.79 Å². The van der Waals surface area contributed by atoms with Crippen LogP contribution in [-0.4, -0.2) is 21.1 Å². The first-order valence-corrected chi connectivity index (χ1v) is 10.9. The fraction of sp³-hybridized carbons (Fsp3) is 0.200. The molecule has 0 spiro atoms. The maximum absolute atomic E-state index is 11.2. The lowest BCUT2D eigenvalue weighted by molar-refractivity contribution is 0.0697.